The highest BCUT2D eigenvalue weighted by Gasteiger charge is 2.14. The van der Waals surface area contributed by atoms with E-state index in [-0.39, 0.29) is 0 Å². The van der Waals surface area contributed by atoms with Crippen LogP contribution in [0.5, 0.6) is 0 Å². The molecule has 0 aromatic carbocycles. The molecule has 0 N–H and O–H groups in total. The van der Waals surface area contributed by atoms with Crippen molar-refractivity contribution in [3.63, 3.8) is 0 Å². The molecule has 0 aromatic heterocycles. The van der Waals surface area contributed by atoms with E-state index in [1.807, 2.05) is 0 Å². The quantitative estimate of drug-likeness (QED) is 0.0957. The van der Waals surface area contributed by atoms with E-state index in [0.717, 1.165) is 59.2 Å². The summed E-state index contributed by atoms with van der Waals surface area (Å²) < 4.78 is 0. The Morgan fingerprint density at radius 2 is 0.571 bits per heavy atom. The van der Waals surface area contributed by atoms with E-state index in [1.54, 1.807) is 0 Å². The molecular weight excluding hydrogens is 925 g/mol. The summed E-state index contributed by atoms with van der Waals surface area (Å²) in [5, 5.41) is 0. The fourth-order valence-corrected chi connectivity index (χ4v) is 6.65. The van der Waals surface area contributed by atoms with Crippen molar-refractivity contribution in [3.05, 3.63) is 0 Å². The minimum Gasteiger partial charge on any atom is -0.0654 e. The molecule has 0 saturated carbocycles. The molecule has 484 valence electrons. The molecule has 0 fully saturated rings. The average molecular weight is 1100 g/mol. The second kappa shape index (κ2) is 72.1. The lowest BCUT2D eigenvalue weighted by Gasteiger charge is -2.22. The van der Waals surface area contributed by atoms with E-state index < -0.39 is 0 Å². The molecule has 0 heterocycles. The van der Waals surface area contributed by atoms with E-state index in [4.69, 9.17) is 0 Å². The molecule has 0 aliphatic carbocycles. The lowest BCUT2D eigenvalue weighted by Crippen LogP contribution is -2.12. The van der Waals surface area contributed by atoms with Gasteiger partial charge in [-0.2, -0.15) is 0 Å². The van der Waals surface area contributed by atoms with Crippen LogP contribution in [0.25, 0.3) is 0 Å². The standard InChI is InChI=1S/11C7H16/c1-6(2)7(3,4)5;1-6(2)5-7(3)4;2*1-5-6-7(2,3)4;1-5-7(3,4)6-2;1-5-7(4)6(2)3;2*1-4-5-6-7(2)3;2*1-4-6-7(3)5-2;1-4-7(5-2)6-3/h6H,1-5H3;6-7H,5H2,1-4H3;3*5-6H2,1-4H3;6-7H,5H2,1-4H3;5*7H,4-6H2,1-3H3/t;;;;;7-;;;7-;;/m.....0..1../s1. The minimum atomic E-state index is 0.500. The first-order valence-electron chi connectivity index (χ1n) is 35.0. The van der Waals surface area contributed by atoms with Crippen molar-refractivity contribution in [2.45, 2.75) is 425 Å². The van der Waals surface area contributed by atoms with Crippen LogP contribution in [0.15, 0.2) is 0 Å². The maximum Gasteiger partial charge on any atom is -0.0359 e. The van der Waals surface area contributed by atoms with Crippen LogP contribution in [0, 0.1) is 80.8 Å². The van der Waals surface area contributed by atoms with Crippen molar-refractivity contribution in [2.75, 3.05) is 0 Å². The summed E-state index contributed by atoms with van der Waals surface area (Å²) in [5.41, 5.74) is 2.18. The van der Waals surface area contributed by atoms with Crippen LogP contribution >= 0.6 is 0 Å². The second-order valence-electron chi connectivity index (χ2n) is 30.4. The van der Waals surface area contributed by atoms with Gasteiger partial charge in [0, 0.05) is 0 Å². The van der Waals surface area contributed by atoms with Crippen LogP contribution in [0.2, 0.25) is 0 Å². The summed E-state index contributed by atoms with van der Waals surface area (Å²) in [6, 6.07) is 0. The van der Waals surface area contributed by atoms with E-state index in [1.165, 1.54) is 148 Å². The number of hydrogen-bond acceptors (Lipinski definition) is 0. The zero-order valence-electron chi connectivity index (χ0n) is 64.0. The summed E-state index contributed by atoms with van der Waals surface area (Å²) in [6.45, 7) is 90.6. The van der Waals surface area contributed by atoms with E-state index in [9.17, 15) is 0 Å². The topological polar surface area (TPSA) is 0 Å². The van der Waals surface area contributed by atoms with Gasteiger partial charge in [0.25, 0.3) is 0 Å². The Morgan fingerprint density at radius 3 is 0.597 bits per heavy atom. The third-order valence-corrected chi connectivity index (χ3v) is 15.3. The Labute approximate surface area is 503 Å². The molecule has 0 saturated heterocycles. The van der Waals surface area contributed by atoms with Crippen LogP contribution in [0.4, 0.5) is 0 Å². The van der Waals surface area contributed by atoms with Gasteiger partial charge >= 0.3 is 0 Å². The third kappa shape index (κ3) is 143. The van der Waals surface area contributed by atoms with E-state index in [2.05, 4.69) is 277 Å². The van der Waals surface area contributed by atoms with Gasteiger partial charge in [-0.15, -0.1) is 0 Å². The fourth-order valence-electron chi connectivity index (χ4n) is 6.65. The summed E-state index contributed by atoms with van der Waals surface area (Å²) >= 11 is 0. The van der Waals surface area contributed by atoms with Crippen LogP contribution in [-0.4, -0.2) is 0 Å². The van der Waals surface area contributed by atoms with Gasteiger partial charge in [-0.1, -0.05) is 405 Å². The molecule has 0 aliphatic rings. The second-order valence-corrected chi connectivity index (χ2v) is 30.4. The van der Waals surface area contributed by atoms with Crippen LogP contribution in [0.1, 0.15) is 425 Å². The molecule has 0 spiro atoms. The SMILES string of the molecule is CC(C)C(C)(C)C.CC(C)CC(C)C.CCC(C)(C)CC.CCC(CC)CC.CCCC(C)(C)C.CCCC(C)(C)C.CCCC(C)CC.CCCCC(C)C.CCCCC(C)C.CCC[C@H](C)CC.CC[C@H](C)C(C)C. The fraction of sp³-hybridized carbons (Fsp3) is 1.00. The van der Waals surface area contributed by atoms with Crippen molar-refractivity contribution >= 4 is 0 Å². The molecule has 0 heteroatoms. The first-order valence-corrected chi connectivity index (χ1v) is 35.0. The summed E-state index contributed by atoms with van der Waals surface area (Å²) in [4.78, 5) is 0. The molecule has 77 heavy (non-hydrogen) atoms. The number of hydrogen-bond donors (Lipinski definition) is 0. The van der Waals surface area contributed by atoms with Gasteiger partial charge in [-0.05, 0) is 100 Å². The predicted octanol–water partition coefficient (Wildman–Crippen LogP) is 30.7. The highest BCUT2D eigenvalue weighted by molar-refractivity contribution is 4.64. The zero-order chi connectivity index (χ0) is 64.0. The molecule has 3 atom stereocenters. The Bertz CT molecular complexity index is 853. The van der Waals surface area contributed by atoms with Crippen molar-refractivity contribution in [3.8, 4) is 0 Å². The molecule has 0 nitrogen and oxygen atoms in total. The summed E-state index contributed by atoms with van der Waals surface area (Å²) in [5.74, 6) is 9.01. The maximum atomic E-state index is 2.31. The van der Waals surface area contributed by atoms with E-state index in [0.29, 0.717) is 21.7 Å². The monoisotopic (exact) mass is 1100 g/mol. The number of rotatable bonds is 23. The van der Waals surface area contributed by atoms with Gasteiger partial charge in [-0.3, -0.25) is 0 Å². The van der Waals surface area contributed by atoms with Crippen molar-refractivity contribution < 1.29 is 0 Å². The van der Waals surface area contributed by atoms with Crippen LogP contribution in [0.3, 0.4) is 0 Å². The van der Waals surface area contributed by atoms with Crippen LogP contribution < -0.4 is 0 Å². The van der Waals surface area contributed by atoms with Gasteiger partial charge in [0.15, 0.2) is 0 Å². The average Bonchev–Trinajstić information content (AvgIpc) is 3.31. The Hall–Kier alpha value is 0. The van der Waals surface area contributed by atoms with Gasteiger partial charge < -0.3 is 0 Å². The van der Waals surface area contributed by atoms with Crippen molar-refractivity contribution in [1.82, 2.24) is 0 Å². The van der Waals surface area contributed by atoms with Crippen molar-refractivity contribution in [1.29, 1.82) is 0 Å². The molecule has 0 rings (SSSR count). The molecule has 0 radical (unpaired) electrons. The normalized spacial score (nSPS) is 12.2. The minimum absolute atomic E-state index is 0.500. The van der Waals surface area contributed by atoms with Crippen molar-refractivity contribution in [2.24, 2.45) is 80.8 Å². The lowest BCUT2D eigenvalue weighted by atomic mass is 9.84. The zero-order valence-corrected chi connectivity index (χ0v) is 64.0. The lowest BCUT2D eigenvalue weighted by molar-refractivity contribution is 0.283. The molecule has 0 bridgehead atoms. The summed E-state index contributed by atoms with van der Waals surface area (Å²) in [6.07, 6.45) is 31.1. The highest BCUT2D eigenvalue weighted by atomic mass is 14.2. The Morgan fingerprint density at radius 1 is 0.299 bits per heavy atom. The Balaban J connectivity index is -0.0000000691. The van der Waals surface area contributed by atoms with Gasteiger partial charge in [-0.25, -0.2) is 0 Å². The largest absolute Gasteiger partial charge is 0.0654 e. The molecule has 1 unspecified atom stereocenters. The molecule has 0 aromatic rings. The molecule has 0 aliphatic heterocycles. The van der Waals surface area contributed by atoms with E-state index >= 15 is 0 Å². The maximum absolute atomic E-state index is 2.31. The third-order valence-electron chi connectivity index (χ3n) is 15.3. The predicted molar refractivity (Wildman–Crippen MR) is 378 cm³/mol. The first-order chi connectivity index (χ1) is 35.0. The summed E-state index contributed by atoms with van der Waals surface area (Å²) in [7, 11) is 0. The highest BCUT2D eigenvalue weighted by Crippen LogP contribution is 2.24. The smallest absolute Gasteiger partial charge is 0.0359 e. The first kappa shape index (κ1) is 102. The van der Waals surface area contributed by atoms with Gasteiger partial charge in [0.2, 0.25) is 0 Å². The van der Waals surface area contributed by atoms with Crippen LogP contribution in [-0.2, 0) is 0 Å². The van der Waals surface area contributed by atoms with Gasteiger partial charge in [0.1, 0.15) is 0 Å². The Kier molecular flexibility index (Phi) is 95.6. The van der Waals surface area contributed by atoms with Gasteiger partial charge in [0.05, 0.1) is 0 Å². The number of unbranched alkanes of at least 4 members (excludes halogenated alkanes) is 2. The molecule has 0 amide bonds. The molecular formula is C77H176.